The maximum Gasteiger partial charge on any atom is 0.486 e. The molecule has 0 radical (unpaired) electrons. The van der Waals surface area contributed by atoms with Crippen molar-refractivity contribution in [2.75, 3.05) is 0 Å². The second-order valence-electron chi connectivity index (χ2n) is 5.40. The van der Waals surface area contributed by atoms with E-state index in [0.717, 1.165) is 18.9 Å². The highest BCUT2D eigenvalue weighted by atomic mass is 19.4. The number of hydrogen-bond donors (Lipinski definition) is 0. The second kappa shape index (κ2) is 10.1. The minimum Gasteiger partial charge on any atom is -0.405 e. The fraction of sp³-hybridized carbons (Fsp3) is 0.733. The maximum absolute atomic E-state index is 12.9. The van der Waals surface area contributed by atoms with Crippen molar-refractivity contribution in [3.05, 3.63) is 23.7 Å². The van der Waals surface area contributed by atoms with Crippen LogP contribution in [0.3, 0.4) is 0 Å². The normalized spacial score (nSPS) is 13.7. The number of allylic oxidation sites excluding steroid dienone is 3. The standard InChI is InChI=1S/C15H26BF3O2/c1-6-7-8-9-14(15(17,18)19)10-11-16(20-12(2)3)21-13(4)5/h9-13H,6-8H2,1-5H3/b11-10+,14-9-. The molecule has 0 aliphatic carbocycles. The molecule has 0 aromatic rings. The molecule has 0 aliphatic rings. The van der Waals surface area contributed by atoms with Gasteiger partial charge in [0.05, 0.1) is 5.57 Å². The monoisotopic (exact) mass is 306 g/mol. The largest absolute Gasteiger partial charge is 0.486 e. The predicted octanol–water partition coefficient (Wildman–Crippen LogP) is 5.10. The van der Waals surface area contributed by atoms with E-state index in [4.69, 9.17) is 9.31 Å². The number of alkyl halides is 3. The van der Waals surface area contributed by atoms with E-state index in [0.29, 0.717) is 6.42 Å². The average molecular weight is 306 g/mol. The van der Waals surface area contributed by atoms with Crippen LogP contribution in [0, 0.1) is 0 Å². The topological polar surface area (TPSA) is 18.5 Å². The average Bonchev–Trinajstić information content (AvgIpc) is 2.30. The van der Waals surface area contributed by atoms with Crippen LogP contribution in [0.4, 0.5) is 13.2 Å². The van der Waals surface area contributed by atoms with Gasteiger partial charge < -0.3 is 9.31 Å². The molecule has 0 bridgehead atoms. The van der Waals surface area contributed by atoms with Crippen LogP contribution in [-0.2, 0) is 9.31 Å². The van der Waals surface area contributed by atoms with Crippen molar-refractivity contribution >= 4 is 7.12 Å². The molecular formula is C15H26BF3O2. The lowest BCUT2D eigenvalue weighted by molar-refractivity contribution is -0.0884. The maximum atomic E-state index is 12.9. The number of halogens is 3. The van der Waals surface area contributed by atoms with Gasteiger partial charge in [-0.05, 0) is 34.1 Å². The molecule has 0 saturated carbocycles. The summed E-state index contributed by atoms with van der Waals surface area (Å²) in [5.74, 6) is 1.32. The van der Waals surface area contributed by atoms with Gasteiger partial charge in [-0.3, -0.25) is 0 Å². The molecule has 2 nitrogen and oxygen atoms in total. The summed E-state index contributed by atoms with van der Waals surface area (Å²) >= 11 is 0. The van der Waals surface area contributed by atoms with Crippen LogP contribution in [0.1, 0.15) is 53.9 Å². The summed E-state index contributed by atoms with van der Waals surface area (Å²) < 4.78 is 49.7. The molecule has 122 valence electrons. The van der Waals surface area contributed by atoms with Gasteiger partial charge in [0.2, 0.25) is 0 Å². The van der Waals surface area contributed by atoms with E-state index in [1.54, 1.807) is 0 Å². The summed E-state index contributed by atoms with van der Waals surface area (Å²) in [4.78, 5) is 0. The second-order valence-corrected chi connectivity index (χ2v) is 5.40. The fourth-order valence-electron chi connectivity index (χ4n) is 1.58. The molecule has 0 aliphatic heterocycles. The Kier molecular flexibility index (Phi) is 9.70. The van der Waals surface area contributed by atoms with E-state index in [1.807, 2.05) is 34.6 Å². The quantitative estimate of drug-likeness (QED) is 0.335. The summed E-state index contributed by atoms with van der Waals surface area (Å²) in [5, 5.41) is 0. The predicted molar refractivity (Wildman–Crippen MR) is 81.0 cm³/mol. The summed E-state index contributed by atoms with van der Waals surface area (Å²) in [6.45, 7) is 9.19. The molecular weight excluding hydrogens is 280 g/mol. The first-order chi connectivity index (χ1) is 9.66. The SMILES string of the molecule is CCCC/C=C(/C=C/B(OC(C)C)OC(C)C)C(F)(F)F. The fourth-order valence-corrected chi connectivity index (χ4v) is 1.58. The number of hydrogen-bond acceptors (Lipinski definition) is 2. The Labute approximate surface area is 126 Å². The Bertz CT molecular complexity index is 326. The third kappa shape index (κ3) is 10.6. The minimum atomic E-state index is -4.36. The van der Waals surface area contributed by atoms with Crippen LogP contribution in [0.5, 0.6) is 0 Å². The van der Waals surface area contributed by atoms with Crippen LogP contribution in [0.25, 0.3) is 0 Å². The van der Waals surface area contributed by atoms with Crippen LogP contribution in [0.15, 0.2) is 23.7 Å². The summed E-state index contributed by atoms with van der Waals surface area (Å²) in [7, 11) is -0.776. The molecule has 0 N–H and O–H groups in total. The van der Waals surface area contributed by atoms with E-state index >= 15 is 0 Å². The van der Waals surface area contributed by atoms with Gasteiger partial charge in [0, 0.05) is 12.2 Å². The van der Waals surface area contributed by atoms with Crippen molar-refractivity contribution < 1.29 is 22.5 Å². The molecule has 0 aromatic heterocycles. The highest BCUT2D eigenvalue weighted by molar-refractivity contribution is 6.50. The molecule has 6 heteroatoms. The highest BCUT2D eigenvalue weighted by Gasteiger charge is 2.32. The first-order valence-corrected chi connectivity index (χ1v) is 7.43. The van der Waals surface area contributed by atoms with Gasteiger partial charge in [0.15, 0.2) is 0 Å². The Balaban J connectivity index is 4.94. The van der Waals surface area contributed by atoms with Gasteiger partial charge in [-0.25, -0.2) is 0 Å². The van der Waals surface area contributed by atoms with Gasteiger partial charge in [0.1, 0.15) is 0 Å². The Morgan fingerprint density at radius 3 is 2.00 bits per heavy atom. The third-order valence-corrected chi connectivity index (χ3v) is 2.49. The zero-order valence-corrected chi connectivity index (χ0v) is 13.5. The van der Waals surface area contributed by atoms with Gasteiger partial charge in [-0.15, -0.1) is 0 Å². The molecule has 0 atom stereocenters. The van der Waals surface area contributed by atoms with Gasteiger partial charge >= 0.3 is 13.3 Å². The van der Waals surface area contributed by atoms with Gasteiger partial charge in [-0.1, -0.05) is 37.9 Å². The lowest BCUT2D eigenvalue weighted by Crippen LogP contribution is -2.28. The lowest BCUT2D eigenvalue weighted by atomic mass is 9.87. The van der Waals surface area contributed by atoms with E-state index in [1.165, 1.54) is 12.1 Å². The van der Waals surface area contributed by atoms with E-state index < -0.39 is 18.9 Å². The molecule has 0 aromatic carbocycles. The van der Waals surface area contributed by atoms with E-state index in [-0.39, 0.29) is 12.2 Å². The van der Waals surface area contributed by atoms with Crippen molar-refractivity contribution in [1.29, 1.82) is 0 Å². The Morgan fingerprint density at radius 2 is 1.62 bits per heavy atom. The molecule has 0 amide bonds. The first kappa shape index (κ1) is 20.3. The van der Waals surface area contributed by atoms with Crippen LogP contribution in [0.2, 0.25) is 0 Å². The van der Waals surface area contributed by atoms with E-state index in [2.05, 4.69) is 0 Å². The lowest BCUT2D eigenvalue weighted by Gasteiger charge is -2.17. The Hall–Kier alpha value is -0.745. The zero-order chi connectivity index (χ0) is 16.5. The minimum absolute atomic E-state index is 0.128. The molecule has 21 heavy (non-hydrogen) atoms. The third-order valence-electron chi connectivity index (χ3n) is 2.49. The molecule has 0 heterocycles. The molecule has 0 rings (SSSR count). The first-order valence-electron chi connectivity index (χ1n) is 7.43. The van der Waals surface area contributed by atoms with Crippen molar-refractivity contribution in [1.82, 2.24) is 0 Å². The molecule has 0 spiro atoms. The van der Waals surface area contributed by atoms with Crippen LogP contribution in [-0.4, -0.2) is 25.5 Å². The molecule has 0 fully saturated rings. The zero-order valence-electron chi connectivity index (χ0n) is 13.5. The number of rotatable bonds is 9. The van der Waals surface area contributed by atoms with Crippen LogP contribution >= 0.6 is 0 Å². The van der Waals surface area contributed by atoms with Gasteiger partial charge in [-0.2, -0.15) is 13.2 Å². The van der Waals surface area contributed by atoms with Crippen molar-refractivity contribution in [3.8, 4) is 0 Å². The van der Waals surface area contributed by atoms with E-state index in [9.17, 15) is 13.2 Å². The summed E-state index contributed by atoms with van der Waals surface area (Å²) in [6, 6.07) is 0. The van der Waals surface area contributed by atoms with Crippen LogP contribution < -0.4 is 0 Å². The van der Waals surface area contributed by atoms with Gasteiger partial charge in [0.25, 0.3) is 0 Å². The summed E-state index contributed by atoms with van der Waals surface area (Å²) in [6.07, 6.45) is -0.329. The smallest absolute Gasteiger partial charge is 0.405 e. The van der Waals surface area contributed by atoms with Crippen molar-refractivity contribution in [2.45, 2.75) is 72.3 Å². The van der Waals surface area contributed by atoms with Crippen molar-refractivity contribution in [3.63, 3.8) is 0 Å². The Morgan fingerprint density at radius 1 is 1.10 bits per heavy atom. The molecule has 0 saturated heterocycles. The van der Waals surface area contributed by atoms with Crippen molar-refractivity contribution in [2.24, 2.45) is 0 Å². The highest BCUT2D eigenvalue weighted by Crippen LogP contribution is 2.27. The summed E-state index contributed by atoms with van der Waals surface area (Å²) in [5.41, 5.74) is -0.652. The molecule has 0 unspecified atom stereocenters. The number of unbranched alkanes of at least 4 members (excludes halogenated alkanes) is 2.